The first-order valence-electron chi connectivity index (χ1n) is 12.7. The number of hydrogen-bond donors (Lipinski definition) is 3. The fourth-order valence-electron chi connectivity index (χ4n) is 6.27. The zero-order valence-electron chi connectivity index (χ0n) is 20.7. The summed E-state index contributed by atoms with van der Waals surface area (Å²) in [5.41, 5.74) is -0.0833. The number of carbonyl (C=O) groups is 2. The fourth-order valence-corrected chi connectivity index (χ4v) is 6.56. The molecule has 0 saturated heterocycles. The maximum Gasteiger partial charge on any atom is 0.261 e. The van der Waals surface area contributed by atoms with E-state index in [1.807, 2.05) is 0 Å². The van der Waals surface area contributed by atoms with Crippen LogP contribution in [0.15, 0.2) is 36.4 Å². The third kappa shape index (κ3) is 5.26. The Morgan fingerprint density at radius 3 is 2.44 bits per heavy atom. The first-order chi connectivity index (χ1) is 18.4. The minimum absolute atomic E-state index is 0.0324. The van der Waals surface area contributed by atoms with Crippen molar-refractivity contribution in [2.45, 2.75) is 73.7 Å². The van der Waals surface area contributed by atoms with Gasteiger partial charge in [0.25, 0.3) is 17.7 Å². The number of nitrogens with one attached hydrogen (secondary N) is 3. The Kier molecular flexibility index (Phi) is 6.43. The Hall–Kier alpha value is -2.69. The van der Waals surface area contributed by atoms with Crippen LogP contribution in [0.2, 0.25) is 10.0 Å². The largest absolute Gasteiger partial charge is 0.484 e. The lowest BCUT2D eigenvalue weighted by Gasteiger charge is -2.70. The molecule has 2 bridgehead atoms. The van der Waals surface area contributed by atoms with Crippen LogP contribution < -0.4 is 25.4 Å². The number of carbonyl (C=O) groups excluding carboxylic acids is 2. The van der Waals surface area contributed by atoms with Gasteiger partial charge in [0.2, 0.25) is 0 Å². The number of alkyl halides is 2. The van der Waals surface area contributed by atoms with Gasteiger partial charge in [-0.3, -0.25) is 9.59 Å². The SMILES string of the molecule is O=C(COc1ccc(Cl)c(F)c1)NC12CC(NC(=O)C3CC(NC4CC(F)(F)C4)c4cc(Cl)ccc4O3)(C1)C2. The highest BCUT2D eigenvalue weighted by Crippen LogP contribution is 2.60. The molecule has 4 aliphatic carbocycles. The predicted octanol–water partition coefficient (Wildman–Crippen LogP) is 4.70. The molecule has 1 heterocycles. The Balaban J connectivity index is 1.01. The van der Waals surface area contributed by atoms with E-state index in [0.717, 1.165) is 11.6 Å². The number of halogens is 5. The second-order valence-corrected chi connectivity index (χ2v) is 12.0. The minimum atomic E-state index is -2.66. The van der Waals surface area contributed by atoms with E-state index in [1.54, 1.807) is 18.2 Å². The van der Waals surface area contributed by atoms with Crippen molar-refractivity contribution >= 4 is 35.0 Å². The van der Waals surface area contributed by atoms with Crippen molar-refractivity contribution in [1.29, 1.82) is 0 Å². The molecule has 1 aliphatic heterocycles. The molecular formula is C27H26Cl2F3N3O4. The van der Waals surface area contributed by atoms with E-state index in [9.17, 15) is 22.8 Å². The molecule has 2 unspecified atom stereocenters. The number of fused-ring (bicyclic) bond motifs is 1. The van der Waals surface area contributed by atoms with Crippen molar-refractivity contribution in [1.82, 2.24) is 16.0 Å². The second-order valence-electron chi connectivity index (χ2n) is 11.2. The summed E-state index contributed by atoms with van der Waals surface area (Å²) in [5.74, 6) is -3.22. The molecule has 2 aromatic carbocycles. The monoisotopic (exact) mass is 583 g/mol. The zero-order chi connectivity index (χ0) is 27.6. The molecule has 2 aromatic rings. The van der Waals surface area contributed by atoms with Crippen LogP contribution in [0, 0.1) is 5.82 Å². The van der Waals surface area contributed by atoms with Crippen LogP contribution in [0.1, 0.15) is 50.1 Å². The van der Waals surface area contributed by atoms with E-state index < -0.39 is 28.9 Å². The maximum atomic E-state index is 13.5. The first-order valence-corrected chi connectivity index (χ1v) is 13.5. The van der Waals surface area contributed by atoms with Gasteiger partial charge in [-0.2, -0.15) is 0 Å². The standard InChI is InChI=1S/C27H26Cl2F3N3O4/c28-14-1-4-21-17(5-14)20(33-15-8-27(31,32)9-15)7-22(39-21)24(37)35-26-11-25(12-26,13-26)34-23(36)10-38-16-2-3-18(29)19(30)6-16/h1-6,15,20,22,33H,7-13H2,(H,34,36)(H,35,37). The third-order valence-corrected chi connectivity index (χ3v) is 8.51. The second kappa shape index (κ2) is 9.45. The molecule has 0 radical (unpaired) electrons. The predicted molar refractivity (Wildman–Crippen MR) is 137 cm³/mol. The summed E-state index contributed by atoms with van der Waals surface area (Å²) in [5, 5.41) is 9.74. The molecule has 208 valence electrons. The van der Waals surface area contributed by atoms with Gasteiger partial charge in [-0.15, -0.1) is 0 Å². The first kappa shape index (κ1) is 26.5. The zero-order valence-corrected chi connectivity index (χ0v) is 22.2. The molecule has 5 aliphatic rings. The van der Waals surface area contributed by atoms with Crippen LogP contribution in [0.5, 0.6) is 11.5 Å². The van der Waals surface area contributed by atoms with Crippen molar-refractivity contribution in [2.75, 3.05) is 6.61 Å². The van der Waals surface area contributed by atoms with Crippen molar-refractivity contribution < 1.29 is 32.2 Å². The molecule has 4 fully saturated rings. The Morgan fingerprint density at radius 1 is 1.03 bits per heavy atom. The topological polar surface area (TPSA) is 88.7 Å². The Morgan fingerprint density at radius 2 is 1.74 bits per heavy atom. The summed E-state index contributed by atoms with van der Waals surface area (Å²) in [7, 11) is 0. The highest BCUT2D eigenvalue weighted by atomic mass is 35.5. The fraction of sp³-hybridized carbons (Fsp3) is 0.481. The van der Waals surface area contributed by atoms with E-state index in [0.29, 0.717) is 30.0 Å². The molecule has 7 rings (SSSR count). The molecule has 0 spiro atoms. The van der Waals surface area contributed by atoms with E-state index in [2.05, 4.69) is 16.0 Å². The van der Waals surface area contributed by atoms with E-state index in [-0.39, 0.29) is 60.5 Å². The number of amides is 2. The van der Waals surface area contributed by atoms with Gasteiger partial charge in [-0.25, -0.2) is 13.2 Å². The summed E-state index contributed by atoms with van der Waals surface area (Å²) in [6, 6.07) is 8.34. The number of hydrogen-bond acceptors (Lipinski definition) is 5. The molecule has 3 N–H and O–H groups in total. The van der Waals surface area contributed by atoms with Gasteiger partial charge in [-0.05, 0) is 49.6 Å². The highest BCUT2D eigenvalue weighted by molar-refractivity contribution is 6.31. The molecule has 2 amide bonds. The van der Waals surface area contributed by atoms with Crippen LogP contribution in [0.25, 0.3) is 0 Å². The van der Waals surface area contributed by atoms with Crippen LogP contribution in [0.3, 0.4) is 0 Å². The van der Waals surface area contributed by atoms with E-state index >= 15 is 0 Å². The van der Waals surface area contributed by atoms with Crippen LogP contribution in [0.4, 0.5) is 13.2 Å². The normalized spacial score (nSPS) is 30.0. The van der Waals surface area contributed by atoms with E-state index in [4.69, 9.17) is 32.7 Å². The quantitative estimate of drug-likeness (QED) is 0.419. The van der Waals surface area contributed by atoms with Gasteiger partial charge < -0.3 is 25.4 Å². The summed E-state index contributed by atoms with van der Waals surface area (Å²) >= 11 is 11.8. The van der Waals surface area contributed by atoms with Crippen molar-refractivity contribution in [2.24, 2.45) is 0 Å². The van der Waals surface area contributed by atoms with Crippen molar-refractivity contribution in [3.8, 4) is 11.5 Å². The summed E-state index contributed by atoms with van der Waals surface area (Å²) in [4.78, 5) is 25.6. The molecule has 7 nitrogen and oxygen atoms in total. The third-order valence-electron chi connectivity index (χ3n) is 7.97. The van der Waals surface area contributed by atoms with Crippen LogP contribution in [-0.4, -0.2) is 47.6 Å². The molecular weight excluding hydrogens is 558 g/mol. The van der Waals surface area contributed by atoms with Gasteiger partial charge in [0.15, 0.2) is 12.7 Å². The van der Waals surface area contributed by atoms with Crippen LogP contribution in [-0.2, 0) is 9.59 Å². The lowest BCUT2D eigenvalue weighted by atomic mass is 9.44. The smallest absolute Gasteiger partial charge is 0.261 e. The van der Waals surface area contributed by atoms with Gasteiger partial charge in [0.1, 0.15) is 17.3 Å². The highest BCUT2D eigenvalue weighted by Gasteiger charge is 2.69. The minimum Gasteiger partial charge on any atom is -0.484 e. The van der Waals surface area contributed by atoms with Gasteiger partial charge in [0, 0.05) is 59.1 Å². The lowest BCUT2D eigenvalue weighted by molar-refractivity contribution is -0.154. The summed E-state index contributed by atoms with van der Waals surface area (Å²) < 4.78 is 51.7. The number of ether oxygens (including phenoxy) is 2. The van der Waals surface area contributed by atoms with Crippen molar-refractivity contribution in [3.05, 3.63) is 57.8 Å². The molecule has 4 saturated carbocycles. The van der Waals surface area contributed by atoms with Gasteiger partial charge >= 0.3 is 0 Å². The lowest BCUT2D eigenvalue weighted by Crippen LogP contribution is -2.84. The van der Waals surface area contributed by atoms with Gasteiger partial charge in [-0.1, -0.05) is 23.2 Å². The van der Waals surface area contributed by atoms with Gasteiger partial charge in [0.05, 0.1) is 5.02 Å². The summed E-state index contributed by atoms with van der Waals surface area (Å²) in [6.07, 6.45) is 0.720. The Bertz CT molecular complexity index is 1320. The Labute approximate surface area is 232 Å². The number of benzene rings is 2. The van der Waals surface area contributed by atoms with Crippen LogP contribution >= 0.6 is 23.2 Å². The maximum absolute atomic E-state index is 13.5. The molecule has 12 heteroatoms. The molecule has 39 heavy (non-hydrogen) atoms. The summed E-state index contributed by atoms with van der Waals surface area (Å²) in [6.45, 7) is -0.275. The van der Waals surface area contributed by atoms with E-state index in [1.165, 1.54) is 12.1 Å². The molecule has 0 aromatic heterocycles. The average Bonchev–Trinajstić information content (AvgIpc) is 2.81. The molecule has 2 atom stereocenters. The van der Waals surface area contributed by atoms with Crippen molar-refractivity contribution in [3.63, 3.8) is 0 Å². The number of rotatable bonds is 8. The average molecular weight is 584 g/mol.